The number of piperidine rings is 1. The summed E-state index contributed by atoms with van der Waals surface area (Å²) < 4.78 is 6.38. The molecule has 2 aliphatic rings. The van der Waals surface area contributed by atoms with E-state index in [0.29, 0.717) is 0 Å². The molecule has 0 spiro atoms. The number of aromatic nitrogens is 1. The second kappa shape index (κ2) is 7.23. The SMILES string of the molecule is CC(C)(C)OC(=O)N1C2C=C(NNc3cccc(Br)n3)CC1CCC2. The third-order valence-corrected chi connectivity index (χ3v) is 4.75. The maximum absolute atomic E-state index is 12.6. The highest BCUT2D eigenvalue weighted by Gasteiger charge is 2.39. The third kappa shape index (κ3) is 4.66. The first-order valence-electron chi connectivity index (χ1n) is 8.68. The van der Waals surface area contributed by atoms with E-state index in [1.54, 1.807) is 0 Å². The molecule has 2 aliphatic heterocycles. The van der Waals surface area contributed by atoms with E-state index in [1.807, 2.05) is 43.9 Å². The number of hydrogen-bond donors (Lipinski definition) is 2. The largest absolute Gasteiger partial charge is 0.444 e. The van der Waals surface area contributed by atoms with E-state index in [0.717, 1.165) is 41.8 Å². The molecular weight excluding hydrogens is 384 g/mol. The Hall–Kier alpha value is -1.76. The second-order valence-corrected chi connectivity index (χ2v) is 8.34. The molecule has 2 unspecified atom stereocenters. The van der Waals surface area contributed by atoms with E-state index in [1.165, 1.54) is 0 Å². The van der Waals surface area contributed by atoms with Crippen LogP contribution >= 0.6 is 15.9 Å². The number of halogens is 1. The molecule has 136 valence electrons. The fourth-order valence-corrected chi connectivity index (χ4v) is 3.69. The van der Waals surface area contributed by atoms with Crippen LogP contribution in [0, 0.1) is 0 Å². The topological polar surface area (TPSA) is 66.5 Å². The van der Waals surface area contributed by atoms with Crippen molar-refractivity contribution in [1.82, 2.24) is 15.3 Å². The zero-order valence-electron chi connectivity index (χ0n) is 14.9. The van der Waals surface area contributed by atoms with Crippen LogP contribution in [-0.2, 0) is 4.74 Å². The molecule has 2 bridgehead atoms. The van der Waals surface area contributed by atoms with Crippen LogP contribution in [0.25, 0.3) is 0 Å². The molecule has 2 atom stereocenters. The maximum Gasteiger partial charge on any atom is 0.411 e. The number of pyridine rings is 1. The van der Waals surface area contributed by atoms with E-state index < -0.39 is 5.60 Å². The Morgan fingerprint density at radius 3 is 2.80 bits per heavy atom. The van der Waals surface area contributed by atoms with Crippen LogP contribution in [-0.4, -0.2) is 33.7 Å². The Bertz CT molecular complexity index is 671. The number of hydrogen-bond acceptors (Lipinski definition) is 5. The lowest BCUT2D eigenvalue weighted by atomic mass is 9.88. The molecular formula is C18H25BrN4O2. The number of rotatable bonds is 3. The third-order valence-electron chi connectivity index (χ3n) is 4.31. The molecule has 0 aromatic carbocycles. The zero-order chi connectivity index (χ0) is 18.0. The predicted octanol–water partition coefficient (Wildman–Crippen LogP) is 4.21. The Morgan fingerprint density at radius 1 is 1.32 bits per heavy atom. The first kappa shape index (κ1) is 18.0. The van der Waals surface area contributed by atoms with Gasteiger partial charge in [0.2, 0.25) is 0 Å². The van der Waals surface area contributed by atoms with Crippen LogP contribution in [0.4, 0.5) is 10.6 Å². The number of hydrazine groups is 1. The predicted molar refractivity (Wildman–Crippen MR) is 101 cm³/mol. The molecule has 7 heteroatoms. The summed E-state index contributed by atoms with van der Waals surface area (Å²) in [4.78, 5) is 18.8. The minimum Gasteiger partial charge on any atom is -0.444 e. The fraction of sp³-hybridized carbons (Fsp3) is 0.556. The van der Waals surface area contributed by atoms with Gasteiger partial charge in [-0.1, -0.05) is 6.07 Å². The van der Waals surface area contributed by atoms with Crippen LogP contribution in [0.15, 0.2) is 34.6 Å². The highest BCUT2D eigenvalue weighted by Crippen LogP contribution is 2.33. The number of carbonyl (C=O) groups is 1. The van der Waals surface area contributed by atoms with E-state index in [9.17, 15) is 4.79 Å². The lowest BCUT2D eigenvalue weighted by Gasteiger charge is -2.45. The van der Waals surface area contributed by atoms with E-state index in [-0.39, 0.29) is 18.2 Å². The van der Waals surface area contributed by atoms with Gasteiger partial charge in [0, 0.05) is 18.2 Å². The van der Waals surface area contributed by atoms with Crippen LogP contribution in [0.3, 0.4) is 0 Å². The first-order chi connectivity index (χ1) is 11.8. The monoisotopic (exact) mass is 408 g/mol. The van der Waals surface area contributed by atoms with Crippen molar-refractivity contribution in [1.29, 1.82) is 0 Å². The molecule has 25 heavy (non-hydrogen) atoms. The van der Waals surface area contributed by atoms with E-state index in [2.05, 4.69) is 37.8 Å². The summed E-state index contributed by atoms with van der Waals surface area (Å²) in [5.74, 6) is 0.745. The summed E-state index contributed by atoms with van der Waals surface area (Å²) in [6.45, 7) is 5.72. The first-order valence-corrected chi connectivity index (χ1v) is 9.48. The Morgan fingerprint density at radius 2 is 2.12 bits per heavy atom. The minimum atomic E-state index is -0.471. The molecule has 1 amide bonds. The lowest BCUT2D eigenvalue weighted by Crippen LogP contribution is -2.54. The smallest absolute Gasteiger partial charge is 0.411 e. The number of fused-ring (bicyclic) bond motifs is 2. The molecule has 1 aromatic heterocycles. The van der Waals surface area contributed by atoms with Crippen molar-refractivity contribution in [3.8, 4) is 0 Å². The Balaban J connectivity index is 1.67. The fourth-order valence-electron chi connectivity index (χ4n) is 3.34. The average Bonchev–Trinajstić information content (AvgIpc) is 2.50. The van der Waals surface area contributed by atoms with Crippen LogP contribution < -0.4 is 10.9 Å². The molecule has 3 heterocycles. The molecule has 0 aliphatic carbocycles. The summed E-state index contributed by atoms with van der Waals surface area (Å²) in [6.07, 6.45) is 5.82. The van der Waals surface area contributed by atoms with Gasteiger partial charge in [0.25, 0.3) is 0 Å². The van der Waals surface area contributed by atoms with Crippen LogP contribution in [0.2, 0.25) is 0 Å². The number of nitrogens with one attached hydrogen (secondary N) is 2. The van der Waals surface area contributed by atoms with Gasteiger partial charge in [-0.15, -0.1) is 0 Å². The van der Waals surface area contributed by atoms with E-state index in [4.69, 9.17) is 4.74 Å². The Labute approximate surface area is 157 Å². The second-order valence-electron chi connectivity index (χ2n) is 7.53. The van der Waals surface area contributed by atoms with Crippen molar-refractivity contribution in [2.45, 2.75) is 64.1 Å². The van der Waals surface area contributed by atoms with Crippen molar-refractivity contribution >= 4 is 27.8 Å². The molecule has 2 N–H and O–H groups in total. The standard InChI is InChI=1S/C18H25BrN4O2/c1-18(2,3)25-17(24)23-13-6-4-7-14(23)11-12(10-13)21-22-16-9-5-8-15(19)20-16/h5,8-10,13-14,21H,4,6-7,11H2,1-3H3,(H,20,22). The van der Waals surface area contributed by atoms with Crippen LogP contribution in [0.1, 0.15) is 46.5 Å². The molecule has 1 fully saturated rings. The normalized spacial score (nSPS) is 22.9. The van der Waals surface area contributed by atoms with Crippen LogP contribution in [0.5, 0.6) is 0 Å². The maximum atomic E-state index is 12.6. The molecule has 1 saturated heterocycles. The summed E-state index contributed by atoms with van der Waals surface area (Å²) in [6, 6.07) is 5.97. The van der Waals surface area contributed by atoms with Crippen molar-refractivity contribution in [2.24, 2.45) is 0 Å². The molecule has 1 aromatic rings. The zero-order valence-corrected chi connectivity index (χ0v) is 16.5. The summed E-state index contributed by atoms with van der Waals surface area (Å²) in [5, 5.41) is 0. The van der Waals surface area contributed by atoms with Crippen molar-refractivity contribution in [2.75, 3.05) is 5.43 Å². The van der Waals surface area contributed by atoms with Crippen molar-refractivity contribution in [3.63, 3.8) is 0 Å². The number of carbonyl (C=O) groups excluding carboxylic acids is 1. The molecule has 0 radical (unpaired) electrons. The molecule has 6 nitrogen and oxygen atoms in total. The average molecular weight is 409 g/mol. The van der Waals surface area contributed by atoms with Crippen molar-refractivity contribution in [3.05, 3.63) is 34.6 Å². The quantitative estimate of drug-likeness (QED) is 0.579. The van der Waals surface area contributed by atoms with Gasteiger partial charge in [0.05, 0.1) is 6.04 Å². The number of ether oxygens (including phenoxy) is 1. The lowest BCUT2D eigenvalue weighted by molar-refractivity contribution is -0.00172. The minimum absolute atomic E-state index is 0.0853. The highest BCUT2D eigenvalue weighted by atomic mass is 79.9. The summed E-state index contributed by atoms with van der Waals surface area (Å²) in [5.41, 5.74) is 7.01. The number of nitrogens with zero attached hydrogens (tertiary/aromatic N) is 2. The summed E-state index contributed by atoms with van der Waals surface area (Å²) >= 11 is 3.36. The molecule has 0 saturated carbocycles. The van der Waals surface area contributed by atoms with E-state index >= 15 is 0 Å². The number of amides is 1. The molecule has 3 rings (SSSR count). The highest BCUT2D eigenvalue weighted by molar-refractivity contribution is 9.10. The van der Waals surface area contributed by atoms with Gasteiger partial charge >= 0.3 is 6.09 Å². The van der Waals surface area contributed by atoms with Gasteiger partial charge in [0.15, 0.2) is 0 Å². The Kier molecular flexibility index (Phi) is 5.22. The summed E-state index contributed by atoms with van der Waals surface area (Å²) in [7, 11) is 0. The van der Waals surface area contributed by atoms with Gasteiger partial charge in [-0.3, -0.25) is 10.3 Å². The van der Waals surface area contributed by atoms with Gasteiger partial charge in [-0.25, -0.2) is 9.78 Å². The number of anilines is 1. The van der Waals surface area contributed by atoms with Crippen molar-refractivity contribution < 1.29 is 9.53 Å². The van der Waals surface area contributed by atoms with Gasteiger partial charge in [-0.05, 0) is 74.2 Å². The van der Waals surface area contributed by atoms with Gasteiger partial charge in [0.1, 0.15) is 16.0 Å². The van der Waals surface area contributed by atoms with Gasteiger partial charge < -0.3 is 10.2 Å². The van der Waals surface area contributed by atoms with Gasteiger partial charge in [-0.2, -0.15) is 0 Å².